The molecule has 2 atom stereocenters. The van der Waals surface area contributed by atoms with E-state index in [1.807, 2.05) is 0 Å². The molecule has 2 unspecified atom stereocenters. The number of Topliss-reactive ketones (excluding diaryl/α,β-unsaturated/α-hetero) is 1. The maximum Gasteiger partial charge on any atom is 0.252 e. The maximum atomic E-state index is 14.4. The Morgan fingerprint density at radius 1 is 1.11 bits per heavy atom. The van der Waals surface area contributed by atoms with Gasteiger partial charge in [-0.2, -0.15) is 8.96 Å². The van der Waals surface area contributed by atoms with Crippen LogP contribution in [0.25, 0.3) is 0 Å². The van der Waals surface area contributed by atoms with Gasteiger partial charge in [0.1, 0.15) is 17.7 Å². The van der Waals surface area contributed by atoms with E-state index in [-0.39, 0.29) is 17.7 Å². The van der Waals surface area contributed by atoms with Crippen LogP contribution >= 0.6 is 0 Å². The first-order chi connectivity index (χ1) is 13.5. The van der Waals surface area contributed by atoms with Gasteiger partial charge in [0.05, 0.1) is 6.42 Å². The van der Waals surface area contributed by atoms with E-state index < -0.39 is 35.6 Å². The number of halogens is 3. The Morgan fingerprint density at radius 2 is 1.93 bits per heavy atom. The number of ketones is 1. The van der Waals surface area contributed by atoms with Crippen LogP contribution in [-0.2, 0) is 6.42 Å². The summed E-state index contributed by atoms with van der Waals surface area (Å²) in [4.78, 5) is 16.6. The molecule has 0 saturated carbocycles. The van der Waals surface area contributed by atoms with Gasteiger partial charge in [0, 0.05) is 30.0 Å². The van der Waals surface area contributed by atoms with Gasteiger partial charge in [-0.3, -0.25) is 4.79 Å². The molecule has 0 spiro atoms. The minimum atomic E-state index is -1.35. The second-order valence-corrected chi connectivity index (χ2v) is 6.48. The summed E-state index contributed by atoms with van der Waals surface area (Å²) in [7, 11) is 0. The molecule has 28 heavy (non-hydrogen) atoms. The molecule has 4 rings (SSSR count). The average Bonchev–Trinajstić information content (AvgIpc) is 2.68. The molecule has 1 aromatic carbocycles. The number of hydroxylamine groups is 2. The van der Waals surface area contributed by atoms with Crippen molar-refractivity contribution in [3.05, 3.63) is 95.3 Å². The predicted octanol–water partition coefficient (Wildman–Crippen LogP) is 3.16. The van der Waals surface area contributed by atoms with Gasteiger partial charge in [-0.05, 0) is 23.8 Å². The minimum Gasteiger partial charge on any atom is -0.307 e. The van der Waals surface area contributed by atoms with E-state index in [1.165, 1.54) is 18.3 Å². The van der Waals surface area contributed by atoms with Gasteiger partial charge in [0.2, 0.25) is 12.1 Å². The van der Waals surface area contributed by atoms with Crippen molar-refractivity contribution in [3.63, 3.8) is 0 Å². The van der Waals surface area contributed by atoms with Crippen molar-refractivity contribution in [1.29, 1.82) is 0 Å². The normalized spacial score (nSPS) is 19.5. The molecule has 0 aliphatic carbocycles. The van der Waals surface area contributed by atoms with E-state index in [1.54, 1.807) is 29.0 Å². The van der Waals surface area contributed by atoms with E-state index in [0.717, 1.165) is 17.2 Å². The Bertz CT molecular complexity index is 1040. The van der Waals surface area contributed by atoms with Crippen molar-refractivity contribution >= 4 is 5.78 Å². The molecule has 1 aliphatic heterocycles. The van der Waals surface area contributed by atoms with Crippen LogP contribution in [0.5, 0.6) is 0 Å². The molecule has 2 aromatic heterocycles. The van der Waals surface area contributed by atoms with Crippen molar-refractivity contribution in [2.45, 2.75) is 18.6 Å². The molecular formula is C20H15F3N3O2+. The van der Waals surface area contributed by atoms with Gasteiger partial charge >= 0.3 is 0 Å². The van der Waals surface area contributed by atoms with Gasteiger partial charge in [-0.1, -0.05) is 12.1 Å². The Morgan fingerprint density at radius 3 is 2.64 bits per heavy atom. The highest BCUT2D eigenvalue weighted by molar-refractivity contribution is 5.98. The number of aromatic nitrogens is 2. The zero-order valence-corrected chi connectivity index (χ0v) is 14.5. The number of pyridine rings is 2. The highest BCUT2D eigenvalue weighted by Gasteiger charge is 2.47. The van der Waals surface area contributed by atoms with Crippen molar-refractivity contribution in [2.75, 3.05) is 0 Å². The molecule has 3 aromatic rings. The molecule has 0 radical (unpaired) electrons. The third-order valence-electron chi connectivity index (χ3n) is 4.75. The molecule has 0 saturated heterocycles. The Kier molecular flexibility index (Phi) is 4.66. The molecule has 0 fully saturated rings. The lowest BCUT2D eigenvalue weighted by molar-refractivity contribution is -0.764. The third-order valence-corrected chi connectivity index (χ3v) is 4.75. The van der Waals surface area contributed by atoms with Gasteiger partial charge in [0.25, 0.3) is 11.5 Å². The van der Waals surface area contributed by atoms with Gasteiger partial charge in [0.15, 0.2) is 6.20 Å². The number of fused-ring (bicyclic) bond motifs is 1. The Hall–Kier alpha value is -3.10. The molecule has 5 nitrogen and oxygen atoms in total. The molecule has 0 bridgehead atoms. The summed E-state index contributed by atoms with van der Waals surface area (Å²) in [6.07, 6.45) is 2.35. The largest absolute Gasteiger partial charge is 0.307 e. The quantitative estimate of drug-likeness (QED) is 0.555. The molecule has 1 N–H and O–H groups in total. The van der Waals surface area contributed by atoms with Gasteiger partial charge in [-0.25, -0.2) is 13.8 Å². The molecule has 142 valence electrons. The fraction of sp³-hybridized carbons (Fsp3) is 0.150. The predicted molar refractivity (Wildman–Crippen MR) is 90.6 cm³/mol. The van der Waals surface area contributed by atoms with Crippen molar-refractivity contribution < 1.29 is 27.7 Å². The van der Waals surface area contributed by atoms with Crippen LogP contribution in [0.15, 0.2) is 60.9 Å². The molecule has 1 aliphatic rings. The van der Waals surface area contributed by atoms with Gasteiger partial charge < -0.3 is 5.21 Å². The lowest BCUT2D eigenvalue weighted by Gasteiger charge is -2.33. The van der Waals surface area contributed by atoms with Crippen LogP contribution < -0.4 is 4.57 Å². The highest BCUT2D eigenvalue weighted by Crippen LogP contribution is 2.33. The Labute approximate surface area is 158 Å². The van der Waals surface area contributed by atoms with Crippen LogP contribution in [0.1, 0.15) is 33.8 Å². The average molecular weight is 386 g/mol. The first-order valence-electron chi connectivity index (χ1n) is 8.52. The molecule has 8 heteroatoms. The summed E-state index contributed by atoms with van der Waals surface area (Å²) in [5, 5.41) is 11.6. The van der Waals surface area contributed by atoms with Crippen LogP contribution in [0.2, 0.25) is 0 Å². The van der Waals surface area contributed by atoms with E-state index in [0.29, 0.717) is 11.6 Å². The lowest BCUT2D eigenvalue weighted by Crippen LogP contribution is -2.60. The zero-order chi connectivity index (χ0) is 19.8. The smallest absolute Gasteiger partial charge is 0.252 e. The summed E-state index contributed by atoms with van der Waals surface area (Å²) in [5.41, 5.74) is 0.744. The molecule has 0 amide bonds. The van der Waals surface area contributed by atoms with Gasteiger partial charge in [-0.15, -0.1) is 5.06 Å². The third kappa shape index (κ3) is 3.17. The first-order valence-corrected chi connectivity index (χ1v) is 8.52. The topological polar surface area (TPSA) is 57.3 Å². The standard InChI is InChI=1S/C20H15F3N3O2/c21-13-5-6-14(15(22)10-13)19-20(27)16-3-1-2-8-25(16)18(26(19)28)9-12-4-7-17(23)24-11-12/h1-8,10-11,18-19,28H,9H2/q+1. The number of benzene rings is 1. The summed E-state index contributed by atoms with van der Waals surface area (Å²) < 4.78 is 42.3. The summed E-state index contributed by atoms with van der Waals surface area (Å²) in [6, 6.07) is 9.13. The number of hydrogen-bond acceptors (Lipinski definition) is 4. The van der Waals surface area contributed by atoms with Crippen molar-refractivity contribution in [2.24, 2.45) is 0 Å². The first kappa shape index (κ1) is 18.3. The van der Waals surface area contributed by atoms with E-state index >= 15 is 0 Å². The van der Waals surface area contributed by atoms with Crippen LogP contribution in [-0.4, -0.2) is 21.0 Å². The zero-order valence-electron chi connectivity index (χ0n) is 14.5. The lowest BCUT2D eigenvalue weighted by atomic mass is 9.95. The van der Waals surface area contributed by atoms with Crippen LogP contribution in [0.3, 0.4) is 0 Å². The summed E-state index contributed by atoms with van der Waals surface area (Å²) in [6.45, 7) is 0. The molecular weight excluding hydrogens is 371 g/mol. The Balaban J connectivity index is 1.80. The monoisotopic (exact) mass is 386 g/mol. The maximum absolute atomic E-state index is 14.4. The van der Waals surface area contributed by atoms with Crippen LogP contribution in [0.4, 0.5) is 13.2 Å². The van der Waals surface area contributed by atoms with E-state index in [2.05, 4.69) is 4.98 Å². The number of hydrogen-bond donors (Lipinski definition) is 1. The number of nitrogens with zero attached hydrogens (tertiary/aromatic N) is 3. The van der Waals surface area contributed by atoms with E-state index in [4.69, 9.17) is 0 Å². The minimum absolute atomic E-state index is 0.133. The fourth-order valence-electron chi connectivity index (χ4n) is 3.42. The van der Waals surface area contributed by atoms with Crippen LogP contribution in [0, 0.1) is 17.6 Å². The van der Waals surface area contributed by atoms with Crippen molar-refractivity contribution in [1.82, 2.24) is 10.0 Å². The van der Waals surface area contributed by atoms with Crippen molar-refractivity contribution in [3.8, 4) is 0 Å². The number of carbonyl (C=O) groups is 1. The second kappa shape index (κ2) is 7.14. The second-order valence-electron chi connectivity index (χ2n) is 6.48. The highest BCUT2D eigenvalue weighted by atomic mass is 19.1. The summed E-state index contributed by atoms with van der Waals surface area (Å²) >= 11 is 0. The summed E-state index contributed by atoms with van der Waals surface area (Å²) in [5.74, 6) is -2.87. The van der Waals surface area contributed by atoms with E-state index in [9.17, 15) is 23.2 Å². The SMILES string of the molecule is O=C1c2cccc[n+]2C(Cc2ccc(F)nc2)N(O)C1c1ccc(F)cc1F. The fourth-order valence-corrected chi connectivity index (χ4v) is 3.42. The molecule has 3 heterocycles. The number of rotatable bonds is 3. The number of carbonyl (C=O) groups excluding carboxylic acids is 1.